The molecule has 0 aliphatic rings. The molecule has 0 aromatic heterocycles. The Hall–Kier alpha value is -1.88. The summed E-state index contributed by atoms with van der Waals surface area (Å²) in [5.41, 5.74) is 7.90. The number of carbonyl (C=O) groups is 2. The van der Waals surface area contributed by atoms with Gasteiger partial charge in [0.25, 0.3) is 0 Å². The summed E-state index contributed by atoms with van der Waals surface area (Å²) in [5.74, 6) is -0.488. The molecule has 1 unspecified atom stereocenters. The lowest BCUT2D eigenvalue weighted by Gasteiger charge is -2.18. The monoisotopic (exact) mass is 291 g/mol. The van der Waals surface area contributed by atoms with Crippen molar-refractivity contribution in [2.45, 2.75) is 39.8 Å². The first kappa shape index (κ1) is 17.2. The first-order valence-electron chi connectivity index (χ1n) is 7.21. The van der Waals surface area contributed by atoms with E-state index in [1.807, 2.05) is 52.0 Å². The molecule has 0 bridgehead atoms. The Bertz CT molecular complexity index is 500. The highest BCUT2D eigenvalue weighted by molar-refractivity contribution is 5.87. The van der Waals surface area contributed by atoms with Crippen molar-refractivity contribution in [3.63, 3.8) is 0 Å². The van der Waals surface area contributed by atoms with E-state index in [0.29, 0.717) is 0 Å². The fraction of sp³-hybridized carbons (Fsp3) is 0.500. The standard InChI is InChI=1S/C16H25N3O2/c1-10(2)15(17)16(21)18-9-14(20)19-12(4)13-8-6-5-7-11(13)3/h5-8,10,12,15H,9,17H2,1-4H3,(H,18,21)(H,19,20)/t12?,15-/m0/s1. The van der Waals surface area contributed by atoms with Gasteiger partial charge in [0.05, 0.1) is 18.6 Å². The third-order valence-electron chi connectivity index (χ3n) is 3.48. The number of aryl methyl sites for hydroxylation is 1. The van der Waals surface area contributed by atoms with Crippen LogP contribution in [0.1, 0.15) is 37.9 Å². The minimum Gasteiger partial charge on any atom is -0.348 e. The van der Waals surface area contributed by atoms with Crippen LogP contribution in [-0.2, 0) is 9.59 Å². The van der Waals surface area contributed by atoms with Crippen LogP contribution < -0.4 is 16.4 Å². The van der Waals surface area contributed by atoms with Crippen LogP contribution in [0.25, 0.3) is 0 Å². The normalized spacial score (nSPS) is 13.6. The van der Waals surface area contributed by atoms with E-state index in [4.69, 9.17) is 5.73 Å². The SMILES string of the molecule is Cc1ccccc1C(C)NC(=O)CNC(=O)[C@@H](N)C(C)C. The summed E-state index contributed by atoms with van der Waals surface area (Å²) in [7, 11) is 0. The van der Waals surface area contributed by atoms with Gasteiger partial charge in [0.15, 0.2) is 0 Å². The lowest BCUT2D eigenvalue weighted by Crippen LogP contribution is -2.47. The van der Waals surface area contributed by atoms with E-state index in [1.165, 1.54) is 0 Å². The van der Waals surface area contributed by atoms with Crippen LogP contribution in [0.4, 0.5) is 0 Å². The highest BCUT2D eigenvalue weighted by Gasteiger charge is 2.18. The molecule has 0 heterocycles. The molecule has 5 nitrogen and oxygen atoms in total. The lowest BCUT2D eigenvalue weighted by molar-refractivity contribution is -0.127. The number of amides is 2. The largest absolute Gasteiger partial charge is 0.348 e. The summed E-state index contributed by atoms with van der Waals surface area (Å²) in [5, 5.41) is 5.43. The van der Waals surface area contributed by atoms with Gasteiger partial charge in [0.2, 0.25) is 11.8 Å². The van der Waals surface area contributed by atoms with Gasteiger partial charge in [-0.3, -0.25) is 9.59 Å². The van der Waals surface area contributed by atoms with Crippen molar-refractivity contribution in [2.75, 3.05) is 6.54 Å². The molecule has 4 N–H and O–H groups in total. The maximum absolute atomic E-state index is 11.9. The quantitative estimate of drug-likeness (QED) is 0.738. The Balaban J connectivity index is 2.48. The van der Waals surface area contributed by atoms with E-state index >= 15 is 0 Å². The molecule has 1 aromatic rings. The molecule has 21 heavy (non-hydrogen) atoms. The first-order chi connectivity index (χ1) is 9.82. The molecule has 1 aromatic carbocycles. The molecule has 2 atom stereocenters. The zero-order valence-electron chi connectivity index (χ0n) is 13.1. The molecule has 0 spiro atoms. The molecule has 0 aliphatic carbocycles. The van der Waals surface area contributed by atoms with E-state index in [9.17, 15) is 9.59 Å². The van der Waals surface area contributed by atoms with Crippen molar-refractivity contribution in [1.82, 2.24) is 10.6 Å². The molecule has 5 heteroatoms. The smallest absolute Gasteiger partial charge is 0.239 e. The van der Waals surface area contributed by atoms with Crippen molar-refractivity contribution in [3.05, 3.63) is 35.4 Å². The molecule has 0 saturated carbocycles. The van der Waals surface area contributed by atoms with Gasteiger partial charge in [-0.1, -0.05) is 38.1 Å². The second kappa shape index (κ2) is 7.78. The second-order valence-electron chi connectivity index (χ2n) is 5.63. The predicted molar refractivity (Wildman–Crippen MR) is 83.6 cm³/mol. The summed E-state index contributed by atoms with van der Waals surface area (Å²) >= 11 is 0. The molecular formula is C16H25N3O2. The van der Waals surface area contributed by atoms with Gasteiger partial charge in [-0.2, -0.15) is 0 Å². The van der Waals surface area contributed by atoms with Gasteiger partial charge in [0.1, 0.15) is 0 Å². The number of nitrogens with two attached hydrogens (primary N) is 1. The number of nitrogens with one attached hydrogen (secondary N) is 2. The van der Waals surface area contributed by atoms with Crippen molar-refractivity contribution in [2.24, 2.45) is 11.7 Å². The van der Waals surface area contributed by atoms with E-state index in [-0.39, 0.29) is 30.3 Å². The van der Waals surface area contributed by atoms with Crippen molar-refractivity contribution >= 4 is 11.8 Å². The molecule has 0 saturated heterocycles. The number of benzene rings is 1. The van der Waals surface area contributed by atoms with Crippen LogP contribution in [0.2, 0.25) is 0 Å². The van der Waals surface area contributed by atoms with Crippen LogP contribution in [0.5, 0.6) is 0 Å². The molecular weight excluding hydrogens is 266 g/mol. The maximum atomic E-state index is 11.9. The number of hydrogen-bond donors (Lipinski definition) is 3. The average molecular weight is 291 g/mol. The fourth-order valence-corrected chi connectivity index (χ4v) is 2.03. The first-order valence-corrected chi connectivity index (χ1v) is 7.21. The zero-order valence-corrected chi connectivity index (χ0v) is 13.1. The molecule has 0 aliphatic heterocycles. The topological polar surface area (TPSA) is 84.2 Å². The Morgan fingerprint density at radius 2 is 1.81 bits per heavy atom. The van der Waals surface area contributed by atoms with Crippen molar-refractivity contribution in [1.29, 1.82) is 0 Å². The van der Waals surface area contributed by atoms with E-state index < -0.39 is 6.04 Å². The van der Waals surface area contributed by atoms with Gasteiger partial charge >= 0.3 is 0 Å². The minimum atomic E-state index is -0.591. The van der Waals surface area contributed by atoms with Crippen LogP contribution in [0.15, 0.2) is 24.3 Å². The molecule has 116 valence electrons. The van der Waals surface area contributed by atoms with Crippen LogP contribution in [0, 0.1) is 12.8 Å². The fourth-order valence-electron chi connectivity index (χ4n) is 2.03. The summed E-state index contributed by atoms with van der Waals surface area (Å²) in [6.07, 6.45) is 0. The van der Waals surface area contributed by atoms with Crippen molar-refractivity contribution in [3.8, 4) is 0 Å². The highest BCUT2D eigenvalue weighted by atomic mass is 16.2. The minimum absolute atomic E-state index is 0.0407. The summed E-state index contributed by atoms with van der Waals surface area (Å²) in [6.45, 7) is 7.59. The third-order valence-corrected chi connectivity index (χ3v) is 3.48. The van der Waals surface area contributed by atoms with E-state index in [0.717, 1.165) is 11.1 Å². The molecule has 1 rings (SSSR count). The maximum Gasteiger partial charge on any atom is 0.239 e. The van der Waals surface area contributed by atoms with Crippen LogP contribution in [0.3, 0.4) is 0 Å². The predicted octanol–water partition coefficient (Wildman–Crippen LogP) is 1.27. The highest BCUT2D eigenvalue weighted by Crippen LogP contribution is 2.16. The second-order valence-corrected chi connectivity index (χ2v) is 5.63. The van der Waals surface area contributed by atoms with Gasteiger partial charge in [-0.25, -0.2) is 0 Å². The van der Waals surface area contributed by atoms with Gasteiger partial charge in [0, 0.05) is 0 Å². The molecule has 2 amide bonds. The van der Waals surface area contributed by atoms with Gasteiger partial charge in [-0.05, 0) is 30.9 Å². The number of hydrogen-bond acceptors (Lipinski definition) is 3. The Labute approximate surface area is 126 Å². The van der Waals surface area contributed by atoms with Gasteiger partial charge in [-0.15, -0.1) is 0 Å². The van der Waals surface area contributed by atoms with E-state index in [2.05, 4.69) is 10.6 Å². The van der Waals surface area contributed by atoms with E-state index in [1.54, 1.807) is 0 Å². The Morgan fingerprint density at radius 1 is 1.19 bits per heavy atom. The average Bonchev–Trinajstić information content (AvgIpc) is 2.44. The van der Waals surface area contributed by atoms with Crippen molar-refractivity contribution < 1.29 is 9.59 Å². The lowest BCUT2D eigenvalue weighted by atomic mass is 10.0. The summed E-state index contributed by atoms with van der Waals surface area (Å²) < 4.78 is 0. The Morgan fingerprint density at radius 3 is 2.38 bits per heavy atom. The summed E-state index contributed by atoms with van der Waals surface area (Å²) in [4.78, 5) is 23.6. The van der Waals surface area contributed by atoms with Crippen LogP contribution >= 0.6 is 0 Å². The van der Waals surface area contributed by atoms with Gasteiger partial charge < -0.3 is 16.4 Å². The third kappa shape index (κ3) is 5.19. The number of rotatable bonds is 6. The summed E-state index contributed by atoms with van der Waals surface area (Å²) in [6, 6.07) is 7.19. The van der Waals surface area contributed by atoms with Crippen LogP contribution in [-0.4, -0.2) is 24.4 Å². The zero-order chi connectivity index (χ0) is 16.0. The number of carbonyl (C=O) groups excluding carboxylic acids is 2. The Kier molecular flexibility index (Phi) is 6.37. The molecule has 0 radical (unpaired) electrons. The molecule has 0 fully saturated rings.